The molecule has 2 fully saturated rings. The standard InChI is InChI=1S/C34H55NO4/c1-29(2)14-11-12-24(36)20-26-33(8)21-23(22-35)27(37)31(5,6)25(33)13-15-34(26,9)30(3,4)17-19-32(7,18-16-29)28(38)39-10/h21,24-26,36H,11-20H2,1-10H3/t24-,25+,26-,32+,33+,34-/m1/s1. The van der Waals surface area contributed by atoms with Crippen molar-refractivity contribution in [2.75, 3.05) is 7.11 Å². The minimum absolute atomic E-state index is 0.0483. The second-order valence-electron chi connectivity index (χ2n) is 16.0. The summed E-state index contributed by atoms with van der Waals surface area (Å²) in [7, 11) is 1.50. The summed E-state index contributed by atoms with van der Waals surface area (Å²) < 4.78 is 5.35. The molecule has 0 heterocycles. The number of rotatable bonds is 1. The number of hydrogen-bond donors (Lipinski definition) is 1. The zero-order valence-electron chi connectivity index (χ0n) is 26.5. The van der Waals surface area contributed by atoms with Gasteiger partial charge in [-0.05, 0) is 98.2 Å². The molecule has 0 aromatic carbocycles. The Hall–Kier alpha value is -1.67. The normalized spacial score (nSPS) is 40.6. The zero-order valence-corrected chi connectivity index (χ0v) is 26.5. The summed E-state index contributed by atoms with van der Waals surface area (Å²) in [4.78, 5) is 26.5. The van der Waals surface area contributed by atoms with Crippen LogP contribution in [0.1, 0.15) is 127 Å². The molecule has 3 aliphatic carbocycles. The third-order valence-electron chi connectivity index (χ3n) is 12.3. The maximum absolute atomic E-state index is 13.3. The number of Topliss-reactive ketones (excluding diaryl/α,β-unsaturated/α-hetero) is 1. The monoisotopic (exact) mass is 541 g/mol. The van der Waals surface area contributed by atoms with Gasteiger partial charge >= 0.3 is 5.97 Å². The first kappa shape index (κ1) is 31.9. The lowest BCUT2D eigenvalue weighted by Gasteiger charge is -2.64. The van der Waals surface area contributed by atoms with Crippen molar-refractivity contribution in [3.05, 3.63) is 11.6 Å². The molecule has 5 nitrogen and oxygen atoms in total. The number of carbonyl (C=O) groups excluding carboxylic acids is 2. The second kappa shape index (κ2) is 10.6. The maximum Gasteiger partial charge on any atom is 0.311 e. The summed E-state index contributed by atoms with van der Waals surface area (Å²) in [6.07, 6.45) is 10.1. The lowest BCUT2D eigenvalue weighted by Crippen LogP contribution is -2.60. The molecular formula is C34H55NO4. The average Bonchev–Trinajstić information content (AvgIpc) is 2.85. The van der Waals surface area contributed by atoms with Crippen molar-refractivity contribution in [2.45, 2.75) is 133 Å². The highest BCUT2D eigenvalue weighted by Crippen LogP contribution is 2.68. The van der Waals surface area contributed by atoms with E-state index in [1.165, 1.54) is 7.11 Å². The molecule has 0 radical (unpaired) electrons. The van der Waals surface area contributed by atoms with Gasteiger partial charge in [0, 0.05) is 5.41 Å². The first-order valence-electron chi connectivity index (χ1n) is 15.2. The minimum atomic E-state index is -0.627. The van der Waals surface area contributed by atoms with Gasteiger partial charge in [-0.3, -0.25) is 9.59 Å². The molecule has 1 N–H and O–H groups in total. The Kier molecular flexibility index (Phi) is 8.68. The van der Waals surface area contributed by atoms with Gasteiger partial charge in [-0.2, -0.15) is 5.26 Å². The molecule has 0 aromatic rings. The number of methoxy groups -OCH3 is 1. The molecule has 0 amide bonds. The summed E-state index contributed by atoms with van der Waals surface area (Å²) >= 11 is 0. The molecule has 5 heteroatoms. The number of aliphatic hydroxyl groups excluding tert-OH is 1. The van der Waals surface area contributed by atoms with E-state index in [1.54, 1.807) is 0 Å². The summed E-state index contributed by atoms with van der Waals surface area (Å²) in [5.74, 6) is 0.0228. The van der Waals surface area contributed by atoms with Crippen LogP contribution in [0, 0.1) is 55.7 Å². The van der Waals surface area contributed by atoms with Crippen LogP contribution >= 0.6 is 0 Å². The Bertz CT molecular complexity index is 1030. The summed E-state index contributed by atoms with van der Waals surface area (Å²) in [5.41, 5.74) is -1.53. The molecular weight excluding hydrogens is 486 g/mol. The fourth-order valence-corrected chi connectivity index (χ4v) is 8.88. The lowest BCUT2D eigenvalue weighted by atomic mass is 9.39. The Balaban J connectivity index is 2.15. The van der Waals surface area contributed by atoms with Crippen molar-refractivity contribution in [1.82, 2.24) is 0 Å². The number of allylic oxidation sites excluding steroid dienone is 2. The number of esters is 1. The largest absolute Gasteiger partial charge is 0.469 e. The third kappa shape index (κ3) is 5.61. The van der Waals surface area contributed by atoms with Crippen LogP contribution in [0.5, 0.6) is 0 Å². The van der Waals surface area contributed by atoms with E-state index in [-0.39, 0.29) is 45.4 Å². The first-order chi connectivity index (χ1) is 17.8. The number of aliphatic hydroxyl groups is 1. The van der Waals surface area contributed by atoms with Crippen LogP contribution in [0.3, 0.4) is 0 Å². The Labute approximate surface area is 238 Å². The number of carbonyl (C=O) groups is 2. The van der Waals surface area contributed by atoms with Gasteiger partial charge in [0.1, 0.15) is 6.07 Å². The van der Waals surface area contributed by atoms with Crippen LogP contribution in [0.2, 0.25) is 0 Å². The lowest BCUT2D eigenvalue weighted by molar-refractivity contribution is -0.161. The third-order valence-corrected chi connectivity index (χ3v) is 12.3. The van der Waals surface area contributed by atoms with Crippen LogP contribution in [-0.4, -0.2) is 30.1 Å². The average molecular weight is 542 g/mol. The van der Waals surface area contributed by atoms with E-state index < -0.39 is 22.3 Å². The van der Waals surface area contributed by atoms with Crippen LogP contribution < -0.4 is 0 Å². The van der Waals surface area contributed by atoms with Crippen molar-refractivity contribution < 1.29 is 19.4 Å². The number of hydrogen-bond acceptors (Lipinski definition) is 5. The van der Waals surface area contributed by atoms with Crippen LogP contribution in [0.25, 0.3) is 0 Å². The maximum atomic E-state index is 13.3. The van der Waals surface area contributed by atoms with Gasteiger partial charge in [-0.25, -0.2) is 0 Å². The quantitative estimate of drug-likeness (QED) is 0.342. The molecule has 0 aliphatic heterocycles. The Morgan fingerprint density at radius 1 is 0.923 bits per heavy atom. The molecule has 0 spiro atoms. The van der Waals surface area contributed by atoms with Crippen LogP contribution in [0.4, 0.5) is 0 Å². The van der Waals surface area contributed by atoms with Gasteiger partial charge in [0.05, 0.1) is 24.2 Å². The molecule has 0 unspecified atom stereocenters. The molecule has 220 valence electrons. The SMILES string of the molecule is COC(=O)[C@@]1(C)CCC(C)(C)CCC[C@@H](O)C[C@@H]2[C@@]3(C)C=C(C#N)C(=O)C(C)(C)[C@@H]3CC[C@@]2(C)C(C)(C)CC1. The summed E-state index contributed by atoms with van der Waals surface area (Å²) in [6, 6.07) is 2.23. The van der Waals surface area contributed by atoms with Crippen molar-refractivity contribution in [3.8, 4) is 6.07 Å². The first-order valence-corrected chi connectivity index (χ1v) is 15.2. The Morgan fingerprint density at radius 2 is 1.54 bits per heavy atom. The molecule has 6 atom stereocenters. The number of ketones is 1. The fraction of sp³-hybridized carbons (Fsp3) is 0.853. The van der Waals surface area contributed by atoms with E-state index in [2.05, 4.69) is 54.5 Å². The van der Waals surface area contributed by atoms with Gasteiger partial charge < -0.3 is 9.84 Å². The van der Waals surface area contributed by atoms with E-state index in [0.29, 0.717) is 6.42 Å². The van der Waals surface area contributed by atoms with Crippen LogP contribution in [-0.2, 0) is 14.3 Å². The van der Waals surface area contributed by atoms with E-state index in [9.17, 15) is 20.0 Å². The number of ether oxygens (including phenoxy) is 1. The topological polar surface area (TPSA) is 87.4 Å². The van der Waals surface area contributed by atoms with Crippen molar-refractivity contribution in [2.24, 2.45) is 44.3 Å². The number of fused-ring (bicyclic) bond motifs is 3. The highest BCUT2D eigenvalue weighted by atomic mass is 16.5. The Morgan fingerprint density at radius 3 is 2.13 bits per heavy atom. The summed E-state index contributed by atoms with van der Waals surface area (Å²) in [5, 5.41) is 21.5. The fourth-order valence-electron chi connectivity index (χ4n) is 8.88. The van der Waals surface area contributed by atoms with Gasteiger partial charge in [0.2, 0.25) is 0 Å². The van der Waals surface area contributed by atoms with Crippen LogP contribution in [0.15, 0.2) is 11.6 Å². The van der Waals surface area contributed by atoms with E-state index in [4.69, 9.17) is 4.74 Å². The van der Waals surface area contributed by atoms with Gasteiger partial charge in [0.25, 0.3) is 0 Å². The number of nitriles is 1. The summed E-state index contributed by atoms with van der Waals surface area (Å²) in [6.45, 7) is 19.9. The second-order valence-corrected chi connectivity index (χ2v) is 16.0. The minimum Gasteiger partial charge on any atom is -0.469 e. The van der Waals surface area contributed by atoms with E-state index >= 15 is 0 Å². The predicted octanol–water partition coefficient (Wildman–Crippen LogP) is 7.81. The molecule has 0 bridgehead atoms. The van der Waals surface area contributed by atoms with E-state index in [1.807, 2.05) is 19.9 Å². The molecule has 0 saturated heterocycles. The molecule has 3 aliphatic rings. The van der Waals surface area contributed by atoms with Gasteiger partial charge in [0.15, 0.2) is 5.78 Å². The smallest absolute Gasteiger partial charge is 0.311 e. The molecule has 3 rings (SSSR count). The van der Waals surface area contributed by atoms with Crippen molar-refractivity contribution in [3.63, 3.8) is 0 Å². The van der Waals surface area contributed by atoms with Crippen molar-refractivity contribution in [1.29, 1.82) is 5.26 Å². The van der Waals surface area contributed by atoms with E-state index in [0.717, 1.165) is 57.8 Å². The van der Waals surface area contributed by atoms with Gasteiger partial charge in [-0.15, -0.1) is 0 Å². The highest BCUT2D eigenvalue weighted by molar-refractivity contribution is 6.04. The number of nitrogens with zero attached hydrogens (tertiary/aromatic N) is 1. The molecule has 0 aromatic heterocycles. The zero-order chi connectivity index (χ0) is 29.7. The van der Waals surface area contributed by atoms with Gasteiger partial charge in [-0.1, -0.05) is 67.9 Å². The predicted molar refractivity (Wildman–Crippen MR) is 156 cm³/mol. The highest BCUT2D eigenvalue weighted by Gasteiger charge is 2.63. The van der Waals surface area contributed by atoms with Crippen molar-refractivity contribution >= 4 is 11.8 Å². The molecule has 2 saturated carbocycles. The molecule has 39 heavy (non-hydrogen) atoms.